The Morgan fingerprint density at radius 2 is 1.79 bits per heavy atom. The van der Waals surface area contributed by atoms with Gasteiger partial charge in [0.1, 0.15) is 6.04 Å². The van der Waals surface area contributed by atoms with Crippen LogP contribution in [0.5, 0.6) is 0 Å². The van der Waals surface area contributed by atoms with E-state index in [1.54, 1.807) is 32.0 Å². The molecule has 8 nitrogen and oxygen atoms in total. The molecule has 1 amide bonds. The van der Waals surface area contributed by atoms with Gasteiger partial charge in [-0.2, -0.15) is 5.10 Å². The van der Waals surface area contributed by atoms with Crippen molar-refractivity contribution in [3.8, 4) is 11.3 Å². The van der Waals surface area contributed by atoms with Crippen LogP contribution >= 0.6 is 0 Å². The summed E-state index contributed by atoms with van der Waals surface area (Å²) in [6, 6.07) is 11.5. The second-order valence-electron chi connectivity index (χ2n) is 8.82. The van der Waals surface area contributed by atoms with Crippen LogP contribution in [0.4, 0.5) is 5.69 Å². The number of primary sulfonamides is 1. The third kappa shape index (κ3) is 4.67. The number of hydrogen-bond donors (Lipinski definition) is 2. The summed E-state index contributed by atoms with van der Waals surface area (Å²) in [5.41, 5.74) is 4.37. The summed E-state index contributed by atoms with van der Waals surface area (Å²) in [7, 11) is -3.93. The van der Waals surface area contributed by atoms with Crippen LogP contribution in [0.1, 0.15) is 48.1 Å². The van der Waals surface area contributed by atoms with Gasteiger partial charge in [-0.1, -0.05) is 24.3 Å². The molecule has 9 heteroatoms. The van der Waals surface area contributed by atoms with Crippen molar-refractivity contribution in [1.82, 2.24) is 9.78 Å². The van der Waals surface area contributed by atoms with Crippen LogP contribution in [0.2, 0.25) is 0 Å². The molecule has 3 N–H and O–H groups in total. The van der Waals surface area contributed by atoms with Gasteiger partial charge in [0, 0.05) is 16.8 Å². The highest BCUT2D eigenvalue weighted by molar-refractivity contribution is 7.89. The summed E-state index contributed by atoms with van der Waals surface area (Å²) >= 11 is 0. The maximum atomic E-state index is 13.3. The number of carbonyl (C=O) groups is 1. The van der Waals surface area contributed by atoms with Crippen molar-refractivity contribution in [2.45, 2.75) is 57.4 Å². The number of anilines is 1. The molecule has 1 aliphatic carbocycles. The number of amides is 1. The minimum atomic E-state index is -3.93. The Labute approximate surface area is 198 Å². The third-order valence-corrected chi connectivity index (χ3v) is 7.28. The van der Waals surface area contributed by atoms with E-state index in [-0.39, 0.29) is 16.4 Å². The number of benzene rings is 2. The second-order valence-corrected chi connectivity index (χ2v) is 10.4. The van der Waals surface area contributed by atoms with Gasteiger partial charge < -0.3 is 5.32 Å². The van der Waals surface area contributed by atoms with Crippen molar-refractivity contribution in [1.29, 1.82) is 0 Å². The average molecular weight is 481 g/mol. The topological polar surface area (TPSA) is 124 Å². The molecule has 4 rings (SSSR count). The molecule has 0 aliphatic heterocycles. The molecule has 1 aliphatic rings. The van der Waals surface area contributed by atoms with Crippen molar-refractivity contribution in [3.63, 3.8) is 0 Å². The fraction of sp³-hybridized carbons (Fsp3) is 0.320. The predicted molar refractivity (Wildman–Crippen MR) is 131 cm³/mol. The number of nitrogens with two attached hydrogens (primary N) is 1. The monoisotopic (exact) mass is 480 g/mol. The van der Waals surface area contributed by atoms with E-state index in [0.29, 0.717) is 40.9 Å². The average Bonchev–Trinajstić information content (AvgIpc) is 2.79. The molecule has 34 heavy (non-hydrogen) atoms. The van der Waals surface area contributed by atoms with Crippen LogP contribution in [0.3, 0.4) is 0 Å². The quantitative estimate of drug-likeness (QED) is 0.580. The number of carbonyl (C=O) groups excluding carboxylic acids is 1. The molecular formula is C25H28N4O4S. The Kier molecular flexibility index (Phi) is 6.42. The summed E-state index contributed by atoms with van der Waals surface area (Å²) in [5.74, 6) is -0.365. The summed E-state index contributed by atoms with van der Waals surface area (Å²) in [5, 5.41) is 12.9. The molecule has 0 fully saturated rings. The van der Waals surface area contributed by atoms with Crippen LogP contribution in [-0.4, -0.2) is 24.1 Å². The van der Waals surface area contributed by atoms with E-state index in [2.05, 4.69) is 10.4 Å². The smallest absolute Gasteiger partial charge is 0.271 e. The van der Waals surface area contributed by atoms with Crippen molar-refractivity contribution in [3.05, 3.63) is 75.1 Å². The molecule has 3 aromatic rings. The summed E-state index contributed by atoms with van der Waals surface area (Å²) < 4.78 is 25.4. The van der Waals surface area contributed by atoms with Crippen LogP contribution in [0.15, 0.2) is 52.2 Å². The Hall–Kier alpha value is -3.30. The van der Waals surface area contributed by atoms with E-state index in [1.165, 1.54) is 10.7 Å². The van der Waals surface area contributed by atoms with E-state index in [4.69, 9.17) is 5.14 Å². The summed E-state index contributed by atoms with van der Waals surface area (Å²) in [6.07, 6.45) is 3.02. The first-order valence-corrected chi connectivity index (χ1v) is 12.8. The van der Waals surface area contributed by atoms with Gasteiger partial charge in [-0.05, 0) is 81.3 Å². The van der Waals surface area contributed by atoms with Gasteiger partial charge in [-0.3, -0.25) is 9.59 Å². The maximum absolute atomic E-state index is 13.3. The van der Waals surface area contributed by atoms with Gasteiger partial charge >= 0.3 is 0 Å². The second kappa shape index (κ2) is 9.15. The Balaban J connectivity index is 1.82. The number of aromatic nitrogens is 2. The molecule has 1 aromatic heterocycles. The predicted octanol–water partition coefficient (Wildman–Crippen LogP) is 3.25. The molecule has 0 saturated heterocycles. The molecule has 1 heterocycles. The standard InChI is InChI=1S/C25H28N4O4S/c1-15-7-6-8-19(13-15)27-24(30)17(3)29-25(31)21-10-5-4-9-20(21)23(28-29)18-12-11-16(2)22(14-18)34(26,32)33/h6-8,11-14,17H,4-5,9-10H2,1-3H3,(H,27,30)(H2,26,32,33)/t17-/m0/s1. The first kappa shape index (κ1) is 23.8. The van der Waals surface area contributed by atoms with Gasteiger partial charge in [0.05, 0.1) is 10.6 Å². The van der Waals surface area contributed by atoms with E-state index >= 15 is 0 Å². The van der Waals surface area contributed by atoms with E-state index in [0.717, 1.165) is 24.0 Å². The number of rotatable bonds is 5. The zero-order valence-corrected chi connectivity index (χ0v) is 20.3. The SMILES string of the molecule is Cc1cccc(NC(=O)[C@H](C)n2nc(-c3ccc(C)c(S(N)(=O)=O)c3)c3c(c2=O)CCCC3)c1. The third-order valence-electron chi connectivity index (χ3n) is 6.23. The van der Waals surface area contributed by atoms with E-state index in [9.17, 15) is 18.0 Å². The minimum absolute atomic E-state index is 0.0133. The molecule has 178 valence electrons. The van der Waals surface area contributed by atoms with Crippen LogP contribution in [0.25, 0.3) is 11.3 Å². The maximum Gasteiger partial charge on any atom is 0.271 e. The number of sulfonamides is 1. The first-order chi connectivity index (χ1) is 16.1. The Morgan fingerprint density at radius 1 is 1.09 bits per heavy atom. The van der Waals surface area contributed by atoms with Gasteiger partial charge in [0.2, 0.25) is 15.9 Å². The van der Waals surface area contributed by atoms with E-state index < -0.39 is 16.1 Å². The van der Waals surface area contributed by atoms with E-state index in [1.807, 2.05) is 25.1 Å². The van der Waals surface area contributed by atoms with Crippen LogP contribution < -0.4 is 16.0 Å². The molecule has 0 unspecified atom stereocenters. The Morgan fingerprint density at radius 3 is 2.47 bits per heavy atom. The number of hydrogen-bond acceptors (Lipinski definition) is 5. The van der Waals surface area contributed by atoms with Gasteiger partial charge in [-0.25, -0.2) is 18.2 Å². The van der Waals surface area contributed by atoms with Crippen molar-refractivity contribution >= 4 is 21.6 Å². The highest BCUT2D eigenvalue weighted by Gasteiger charge is 2.26. The van der Waals surface area contributed by atoms with Crippen molar-refractivity contribution in [2.75, 3.05) is 5.32 Å². The molecular weight excluding hydrogens is 452 g/mol. The fourth-order valence-electron chi connectivity index (χ4n) is 4.38. The van der Waals surface area contributed by atoms with Gasteiger partial charge in [0.15, 0.2) is 0 Å². The highest BCUT2D eigenvalue weighted by atomic mass is 32.2. The van der Waals surface area contributed by atoms with Gasteiger partial charge in [0.25, 0.3) is 5.56 Å². The summed E-state index contributed by atoms with van der Waals surface area (Å²) in [6.45, 7) is 5.23. The number of nitrogens with one attached hydrogen (secondary N) is 1. The molecule has 0 spiro atoms. The molecule has 2 aromatic carbocycles. The molecule has 0 saturated carbocycles. The normalized spacial score (nSPS) is 14.4. The number of nitrogens with zero attached hydrogens (tertiary/aromatic N) is 2. The van der Waals surface area contributed by atoms with Crippen molar-refractivity contribution < 1.29 is 13.2 Å². The number of fused-ring (bicyclic) bond motifs is 1. The van der Waals surface area contributed by atoms with Crippen molar-refractivity contribution in [2.24, 2.45) is 5.14 Å². The molecule has 0 radical (unpaired) electrons. The van der Waals surface area contributed by atoms with Crippen LogP contribution in [0, 0.1) is 13.8 Å². The minimum Gasteiger partial charge on any atom is -0.324 e. The largest absolute Gasteiger partial charge is 0.324 e. The fourth-order valence-corrected chi connectivity index (χ4v) is 5.19. The zero-order chi connectivity index (χ0) is 24.6. The molecule has 0 bridgehead atoms. The lowest BCUT2D eigenvalue weighted by atomic mass is 9.89. The van der Waals surface area contributed by atoms with Gasteiger partial charge in [-0.15, -0.1) is 0 Å². The highest BCUT2D eigenvalue weighted by Crippen LogP contribution is 2.31. The summed E-state index contributed by atoms with van der Waals surface area (Å²) in [4.78, 5) is 26.4. The Bertz CT molecular complexity index is 1440. The molecule has 1 atom stereocenters. The first-order valence-electron chi connectivity index (χ1n) is 11.2. The lowest BCUT2D eigenvalue weighted by molar-refractivity contribution is -0.119. The van der Waals surface area contributed by atoms with Crippen LogP contribution in [-0.2, 0) is 27.7 Å². The lowest BCUT2D eigenvalue weighted by Crippen LogP contribution is -2.37. The zero-order valence-electron chi connectivity index (χ0n) is 19.5. The number of aryl methyl sites for hydroxylation is 2. The lowest BCUT2D eigenvalue weighted by Gasteiger charge is -2.23.